The molecule has 1 amide bonds. The fourth-order valence-electron chi connectivity index (χ4n) is 2.70. The predicted octanol–water partition coefficient (Wildman–Crippen LogP) is 3.56. The van der Waals surface area contributed by atoms with Crippen molar-refractivity contribution in [1.82, 2.24) is 4.90 Å². The average molecular weight is 326 g/mol. The normalized spacial score (nSPS) is 16.3. The fourth-order valence-corrected chi connectivity index (χ4v) is 3.09. The zero-order valence-electron chi connectivity index (χ0n) is 11.0. The van der Waals surface area contributed by atoms with E-state index in [-0.39, 0.29) is 11.7 Å². The molecule has 2 rings (SSSR count). The van der Waals surface area contributed by atoms with E-state index in [0.717, 1.165) is 24.7 Å². The van der Waals surface area contributed by atoms with E-state index in [1.54, 1.807) is 24.3 Å². The molecule has 1 fully saturated rings. The number of amides is 1. The minimum atomic E-state index is 0.0753. The Kier molecular flexibility index (Phi) is 5.25. The van der Waals surface area contributed by atoms with Crippen LogP contribution in [0.5, 0.6) is 5.75 Å². The first kappa shape index (κ1) is 14.4. The second-order valence-electron chi connectivity index (χ2n) is 5.03. The first-order valence-electron chi connectivity index (χ1n) is 6.88. The van der Waals surface area contributed by atoms with Gasteiger partial charge in [0.05, 0.1) is 0 Å². The van der Waals surface area contributed by atoms with Crippen molar-refractivity contribution in [2.24, 2.45) is 0 Å². The van der Waals surface area contributed by atoms with Crippen molar-refractivity contribution < 1.29 is 9.90 Å². The Morgan fingerprint density at radius 3 is 2.42 bits per heavy atom. The van der Waals surface area contributed by atoms with E-state index in [2.05, 4.69) is 15.9 Å². The Morgan fingerprint density at radius 2 is 1.84 bits per heavy atom. The van der Waals surface area contributed by atoms with Gasteiger partial charge in [-0.2, -0.15) is 0 Å². The molecule has 0 heterocycles. The molecule has 4 heteroatoms. The summed E-state index contributed by atoms with van der Waals surface area (Å²) in [4.78, 5) is 14.6. The molecule has 0 spiro atoms. The van der Waals surface area contributed by atoms with Crippen molar-refractivity contribution in [3.05, 3.63) is 29.8 Å². The highest BCUT2D eigenvalue weighted by atomic mass is 79.9. The van der Waals surface area contributed by atoms with Gasteiger partial charge < -0.3 is 10.0 Å². The van der Waals surface area contributed by atoms with Crippen LogP contribution in [-0.4, -0.2) is 33.8 Å². The number of aromatic hydroxyl groups is 1. The molecule has 1 aromatic carbocycles. The lowest BCUT2D eigenvalue weighted by atomic mass is 9.93. The van der Waals surface area contributed by atoms with E-state index < -0.39 is 0 Å². The molecule has 0 saturated heterocycles. The minimum absolute atomic E-state index is 0.0753. The van der Waals surface area contributed by atoms with Gasteiger partial charge in [-0.25, -0.2) is 0 Å². The number of alkyl halides is 1. The lowest BCUT2D eigenvalue weighted by molar-refractivity contribution is 0.0651. The predicted molar refractivity (Wildman–Crippen MR) is 79.8 cm³/mol. The fraction of sp³-hybridized carbons (Fsp3) is 0.533. The molecule has 104 valence electrons. The average Bonchev–Trinajstić information content (AvgIpc) is 2.46. The maximum atomic E-state index is 12.6. The van der Waals surface area contributed by atoms with E-state index in [1.165, 1.54) is 19.3 Å². The number of phenols is 1. The monoisotopic (exact) mass is 325 g/mol. The second-order valence-corrected chi connectivity index (χ2v) is 5.82. The van der Waals surface area contributed by atoms with E-state index in [9.17, 15) is 9.90 Å². The maximum absolute atomic E-state index is 12.6. The van der Waals surface area contributed by atoms with Gasteiger partial charge in [0.15, 0.2) is 0 Å². The summed E-state index contributed by atoms with van der Waals surface area (Å²) in [5.41, 5.74) is 0.657. The third-order valence-electron chi connectivity index (χ3n) is 3.72. The quantitative estimate of drug-likeness (QED) is 0.860. The van der Waals surface area contributed by atoms with Gasteiger partial charge in [-0.15, -0.1) is 0 Å². The van der Waals surface area contributed by atoms with Crippen LogP contribution in [0.4, 0.5) is 0 Å². The van der Waals surface area contributed by atoms with Crippen molar-refractivity contribution >= 4 is 21.8 Å². The van der Waals surface area contributed by atoms with Crippen LogP contribution in [0.25, 0.3) is 0 Å². The highest BCUT2D eigenvalue weighted by Gasteiger charge is 2.25. The van der Waals surface area contributed by atoms with Crippen LogP contribution in [0.15, 0.2) is 24.3 Å². The number of halogens is 1. The van der Waals surface area contributed by atoms with Gasteiger partial charge >= 0.3 is 0 Å². The number of benzene rings is 1. The topological polar surface area (TPSA) is 40.5 Å². The van der Waals surface area contributed by atoms with Crippen LogP contribution in [0.1, 0.15) is 42.5 Å². The largest absolute Gasteiger partial charge is 0.508 e. The van der Waals surface area contributed by atoms with E-state index in [4.69, 9.17) is 0 Å². The number of hydrogen-bond acceptors (Lipinski definition) is 2. The third kappa shape index (κ3) is 3.72. The molecule has 0 aromatic heterocycles. The summed E-state index contributed by atoms with van der Waals surface area (Å²) in [6.45, 7) is 0.740. The molecule has 1 saturated carbocycles. The smallest absolute Gasteiger partial charge is 0.254 e. The molecule has 3 nitrogen and oxygen atoms in total. The van der Waals surface area contributed by atoms with Gasteiger partial charge in [0.2, 0.25) is 0 Å². The molecule has 1 N–H and O–H groups in total. The van der Waals surface area contributed by atoms with Crippen LogP contribution in [0.2, 0.25) is 0 Å². The molecule has 0 atom stereocenters. The summed E-state index contributed by atoms with van der Waals surface area (Å²) in [7, 11) is 0. The molecule has 1 aromatic rings. The van der Waals surface area contributed by atoms with Gasteiger partial charge in [-0.05, 0) is 37.1 Å². The molecule has 0 aliphatic heterocycles. The summed E-state index contributed by atoms with van der Waals surface area (Å²) < 4.78 is 0. The summed E-state index contributed by atoms with van der Waals surface area (Å²) in [5.74, 6) is 0.271. The zero-order valence-corrected chi connectivity index (χ0v) is 12.6. The molecule has 1 aliphatic rings. The van der Waals surface area contributed by atoms with Gasteiger partial charge in [0.25, 0.3) is 5.91 Å². The highest BCUT2D eigenvalue weighted by molar-refractivity contribution is 9.09. The minimum Gasteiger partial charge on any atom is -0.508 e. The van der Waals surface area contributed by atoms with Crippen molar-refractivity contribution in [2.75, 3.05) is 11.9 Å². The molecular formula is C15H20BrNO2. The standard InChI is InChI=1S/C15H20BrNO2/c16-10-11-17(13-4-2-1-3-5-13)15(19)12-6-8-14(18)9-7-12/h6-9,13,18H,1-5,10-11H2. The molecule has 0 unspecified atom stereocenters. The SMILES string of the molecule is O=C(c1ccc(O)cc1)N(CCBr)C1CCCCC1. The van der Waals surface area contributed by atoms with Crippen LogP contribution in [0, 0.1) is 0 Å². The highest BCUT2D eigenvalue weighted by Crippen LogP contribution is 2.24. The summed E-state index contributed by atoms with van der Waals surface area (Å²) in [6.07, 6.45) is 5.93. The molecule has 0 radical (unpaired) electrons. The molecular weight excluding hydrogens is 306 g/mol. The summed E-state index contributed by atoms with van der Waals surface area (Å²) in [6, 6.07) is 6.90. The first-order valence-corrected chi connectivity index (χ1v) is 8.00. The lowest BCUT2D eigenvalue weighted by Crippen LogP contribution is -2.42. The Balaban J connectivity index is 2.13. The summed E-state index contributed by atoms with van der Waals surface area (Å²) in [5, 5.41) is 10.1. The van der Waals surface area contributed by atoms with E-state index in [0.29, 0.717) is 11.6 Å². The Morgan fingerprint density at radius 1 is 1.21 bits per heavy atom. The van der Waals surface area contributed by atoms with Crippen molar-refractivity contribution in [2.45, 2.75) is 38.1 Å². The Bertz CT molecular complexity index is 413. The van der Waals surface area contributed by atoms with E-state index >= 15 is 0 Å². The van der Waals surface area contributed by atoms with Crippen LogP contribution in [-0.2, 0) is 0 Å². The van der Waals surface area contributed by atoms with Crippen LogP contribution < -0.4 is 0 Å². The number of carbonyl (C=O) groups excluding carboxylic acids is 1. The van der Waals surface area contributed by atoms with Gasteiger partial charge in [0.1, 0.15) is 5.75 Å². The number of rotatable bonds is 4. The number of hydrogen-bond donors (Lipinski definition) is 1. The van der Waals surface area contributed by atoms with Crippen molar-refractivity contribution in [1.29, 1.82) is 0 Å². The van der Waals surface area contributed by atoms with E-state index in [1.807, 2.05) is 4.90 Å². The number of carbonyl (C=O) groups is 1. The Labute approximate surface area is 122 Å². The number of nitrogens with zero attached hydrogens (tertiary/aromatic N) is 1. The van der Waals surface area contributed by atoms with Gasteiger partial charge in [-0.1, -0.05) is 35.2 Å². The zero-order chi connectivity index (χ0) is 13.7. The summed E-state index contributed by atoms with van der Waals surface area (Å²) >= 11 is 3.44. The lowest BCUT2D eigenvalue weighted by Gasteiger charge is -2.34. The van der Waals surface area contributed by atoms with Crippen LogP contribution in [0.3, 0.4) is 0 Å². The van der Waals surface area contributed by atoms with Crippen molar-refractivity contribution in [3.63, 3.8) is 0 Å². The molecule has 19 heavy (non-hydrogen) atoms. The Hall–Kier alpha value is -1.03. The van der Waals surface area contributed by atoms with Gasteiger partial charge in [-0.3, -0.25) is 4.79 Å². The number of phenolic OH excluding ortho intramolecular Hbond substituents is 1. The first-order chi connectivity index (χ1) is 9.22. The molecule has 1 aliphatic carbocycles. The van der Waals surface area contributed by atoms with Crippen molar-refractivity contribution in [3.8, 4) is 5.75 Å². The second kappa shape index (κ2) is 6.94. The van der Waals surface area contributed by atoms with Gasteiger partial charge in [0, 0.05) is 23.5 Å². The molecule has 0 bridgehead atoms. The van der Waals surface area contributed by atoms with Crippen LogP contribution >= 0.6 is 15.9 Å². The third-order valence-corrected chi connectivity index (χ3v) is 4.07. The maximum Gasteiger partial charge on any atom is 0.254 e.